The lowest BCUT2D eigenvalue weighted by Crippen LogP contribution is -2.19. The van der Waals surface area contributed by atoms with E-state index in [1.54, 1.807) is 6.07 Å². The van der Waals surface area contributed by atoms with E-state index in [1.807, 2.05) is 13.0 Å². The molecule has 1 aromatic carbocycles. The van der Waals surface area contributed by atoms with Gasteiger partial charge in [0.1, 0.15) is 0 Å². The van der Waals surface area contributed by atoms with Gasteiger partial charge in [0.15, 0.2) is 0 Å². The lowest BCUT2D eigenvalue weighted by atomic mass is 10.1. The van der Waals surface area contributed by atoms with Crippen LogP contribution < -0.4 is 5.32 Å². The van der Waals surface area contributed by atoms with E-state index in [4.69, 9.17) is 41.2 Å². The van der Waals surface area contributed by atoms with Crippen molar-refractivity contribution in [3.63, 3.8) is 0 Å². The first-order chi connectivity index (χ1) is 7.07. The number of hydrogen-bond donors (Lipinski definition) is 1. The molecule has 0 saturated carbocycles. The molecule has 0 aliphatic carbocycles. The van der Waals surface area contributed by atoms with Crippen molar-refractivity contribution >= 4 is 34.8 Å². The Kier molecular flexibility index (Phi) is 4.76. The van der Waals surface area contributed by atoms with E-state index in [1.165, 1.54) is 0 Å². The Bertz CT molecular complexity index is 396. The molecule has 0 bridgehead atoms. The van der Waals surface area contributed by atoms with E-state index in [-0.39, 0.29) is 6.04 Å². The zero-order valence-electron chi connectivity index (χ0n) is 8.15. The monoisotopic (exact) mass is 261 g/mol. The summed E-state index contributed by atoms with van der Waals surface area (Å²) in [5.41, 5.74) is 0.890. The molecule has 1 nitrogen and oxygen atoms in total. The largest absolute Gasteiger partial charge is 0.300 e. The van der Waals surface area contributed by atoms with Crippen molar-refractivity contribution in [2.24, 2.45) is 0 Å². The topological polar surface area (TPSA) is 12.0 Å². The average Bonchev–Trinajstić information content (AvgIpc) is 2.23. The number of benzene rings is 1. The van der Waals surface area contributed by atoms with E-state index in [0.29, 0.717) is 21.6 Å². The maximum atomic E-state index is 6.06. The number of rotatable bonds is 3. The molecule has 0 radical (unpaired) electrons. The lowest BCUT2D eigenvalue weighted by molar-refractivity contribution is 0.623. The fourth-order valence-corrected chi connectivity index (χ4v) is 1.90. The summed E-state index contributed by atoms with van der Waals surface area (Å²) in [7, 11) is 0. The molecule has 1 rings (SSSR count). The molecule has 15 heavy (non-hydrogen) atoms. The Balaban J connectivity index is 2.96. The molecule has 0 amide bonds. The highest BCUT2D eigenvalue weighted by molar-refractivity contribution is 6.48. The van der Waals surface area contributed by atoms with Gasteiger partial charge in [-0.05, 0) is 18.6 Å². The minimum Gasteiger partial charge on any atom is -0.300 e. The summed E-state index contributed by atoms with van der Waals surface area (Å²) in [6.45, 7) is 2.44. The van der Waals surface area contributed by atoms with Crippen LogP contribution in [0, 0.1) is 12.3 Å². The standard InChI is InChI=1S/C11H10Cl3N/c1-3-6-15-7(2)8-4-5-9(12)11(14)10(8)13/h1,4-5,7,15H,6H2,2H3. The third kappa shape index (κ3) is 3.03. The Morgan fingerprint density at radius 3 is 2.60 bits per heavy atom. The van der Waals surface area contributed by atoms with Crippen LogP contribution in [0.25, 0.3) is 0 Å². The molecule has 4 heteroatoms. The molecule has 1 unspecified atom stereocenters. The summed E-state index contributed by atoms with van der Waals surface area (Å²) in [5.74, 6) is 2.50. The lowest BCUT2D eigenvalue weighted by Gasteiger charge is -2.15. The highest BCUT2D eigenvalue weighted by Crippen LogP contribution is 2.35. The molecule has 80 valence electrons. The second kappa shape index (κ2) is 5.63. The molecule has 1 atom stereocenters. The van der Waals surface area contributed by atoms with E-state index < -0.39 is 0 Å². The van der Waals surface area contributed by atoms with Gasteiger partial charge in [-0.15, -0.1) is 6.42 Å². The van der Waals surface area contributed by atoms with Gasteiger partial charge < -0.3 is 0 Å². The second-order valence-corrected chi connectivity index (χ2v) is 4.23. The van der Waals surface area contributed by atoms with Crippen molar-refractivity contribution in [3.05, 3.63) is 32.8 Å². The summed E-state index contributed by atoms with van der Waals surface area (Å²) >= 11 is 17.8. The predicted molar refractivity (Wildman–Crippen MR) is 66.7 cm³/mol. The van der Waals surface area contributed by atoms with E-state index >= 15 is 0 Å². The van der Waals surface area contributed by atoms with Gasteiger partial charge in [-0.25, -0.2) is 0 Å². The first-order valence-electron chi connectivity index (χ1n) is 4.38. The van der Waals surface area contributed by atoms with Gasteiger partial charge >= 0.3 is 0 Å². The highest BCUT2D eigenvalue weighted by Gasteiger charge is 2.13. The highest BCUT2D eigenvalue weighted by atomic mass is 35.5. The number of halogens is 3. The molecule has 1 aromatic rings. The third-order valence-electron chi connectivity index (χ3n) is 2.04. The Hall–Kier alpha value is -0.390. The van der Waals surface area contributed by atoms with Crippen LogP contribution in [0.15, 0.2) is 12.1 Å². The van der Waals surface area contributed by atoms with Crippen molar-refractivity contribution in [1.82, 2.24) is 5.32 Å². The number of hydrogen-bond acceptors (Lipinski definition) is 1. The van der Waals surface area contributed by atoms with Crippen molar-refractivity contribution in [2.75, 3.05) is 6.54 Å². The van der Waals surface area contributed by atoms with E-state index in [2.05, 4.69) is 11.2 Å². The maximum absolute atomic E-state index is 6.06. The first-order valence-corrected chi connectivity index (χ1v) is 5.51. The van der Waals surface area contributed by atoms with Gasteiger partial charge in [-0.1, -0.05) is 46.8 Å². The minimum absolute atomic E-state index is 0.0447. The smallest absolute Gasteiger partial charge is 0.0781 e. The van der Waals surface area contributed by atoms with Gasteiger partial charge in [0.25, 0.3) is 0 Å². The minimum atomic E-state index is 0.0447. The van der Waals surface area contributed by atoms with Crippen LogP contribution >= 0.6 is 34.8 Å². The van der Waals surface area contributed by atoms with Crippen LogP contribution in [0.4, 0.5) is 0 Å². The Morgan fingerprint density at radius 2 is 2.00 bits per heavy atom. The fraction of sp³-hybridized carbons (Fsp3) is 0.273. The fourth-order valence-electron chi connectivity index (χ4n) is 1.20. The van der Waals surface area contributed by atoms with Gasteiger partial charge in [-0.2, -0.15) is 0 Å². The van der Waals surface area contributed by atoms with Gasteiger partial charge in [0.2, 0.25) is 0 Å². The molecular formula is C11H10Cl3N. The maximum Gasteiger partial charge on any atom is 0.0781 e. The van der Waals surface area contributed by atoms with Gasteiger partial charge in [0.05, 0.1) is 21.6 Å². The van der Waals surface area contributed by atoms with Crippen LogP contribution in [0.1, 0.15) is 18.5 Å². The van der Waals surface area contributed by atoms with Crippen molar-refractivity contribution in [1.29, 1.82) is 0 Å². The van der Waals surface area contributed by atoms with Crippen LogP contribution in [-0.2, 0) is 0 Å². The molecule has 0 spiro atoms. The Morgan fingerprint density at radius 1 is 1.33 bits per heavy atom. The first kappa shape index (κ1) is 12.7. The van der Waals surface area contributed by atoms with Crippen LogP contribution in [0.5, 0.6) is 0 Å². The van der Waals surface area contributed by atoms with E-state index in [9.17, 15) is 0 Å². The zero-order chi connectivity index (χ0) is 11.4. The summed E-state index contributed by atoms with van der Waals surface area (Å²) < 4.78 is 0. The quantitative estimate of drug-likeness (QED) is 0.643. The molecule has 0 fully saturated rings. The van der Waals surface area contributed by atoms with Gasteiger partial charge in [0, 0.05) is 6.04 Å². The van der Waals surface area contributed by atoms with E-state index in [0.717, 1.165) is 5.56 Å². The molecule has 0 aliphatic rings. The van der Waals surface area contributed by atoms with Gasteiger partial charge in [-0.3, -0.25) is 5.32 Å². The van der Waals surface area contributed by atoms with Crippen molar-refractivity contribution < 1.29 is 0 Å². The van der Waals surface area contributed by atoms with Crippen molar-refractivity contribution in [2.45, 2.75) is 13.0 Å². The molecule has 0 aliphatic heterocycles. The summed E-state index contributed by atoms with van der Waals surface area (Å²) in [6, 6.07) is 3.60. The number of nitrogens with one attached hydrogen (secondary N) is 1. The van der Waals surface area contributed by atoms with Crippen LogP contribution in [0.3, 0.4) is 0 Å². The molecule has 0 heterocycles. The summed E-state index contributed by atoms with van der Waals surface area (Å²) in [6.07, 6.45) is 5.15. The number of terminal acetylenes is 1. The van der Waals surface area contributed by atoms with Crippen LogP contribution in [-0.4, -0.2) is 6.54 Å². The molecule has 0 saturated heterocycles. The molecule has 1 N–H and O–H groups in total. The Labute approximate surface area is 105 Å². The molecule has 0 aromatic heterocycles. The van der Waals surface area contributed by atoms with Crippen molar-refractivity contribution in [3.8, 4) is 12.3 Å². The molecular weight excluding hydrogens is 252 g/mol. The third-order valence-corrected chi connectivity index (χ3v) is 3.35. The average molecular weight is 263 g/mol. The van der Waals surface area contributed by atoms with Crippen LogP contribution in [0.2, 0.25) is 15.1 Å². The second-order valence-electron chi connectivity index (χ2n) is 3.07. The summed E-state index contributed by atoms with van der Waals surface area (Å²) in [5, 5.41) is 4.42. The predicted octanol–water partition coefficient (Wildman–Crippen LogP) is 3.93. The zero-order valence-corrected chi connectivity index (χ0v) is 10.4. The SMILES string of the molecule is C#CCNC(C)c1ccc(Cl)c(Cl)c1Cl. The summed E-state index contributed by atoms with van der Waals surface area (Å²) in [4.78, 5) is 0. The normalized spacial score (nSPS) is 12.2.